The number of carbonyl (C=O) groups is 1. The molecule has 1 aliphatic rings. The Labute approximate surface area is 176 Å². The number of hydrogen-bond acceptors (Lipinski definition) is 4. The number of nitrogens with one attached hydrogen (secondary N) is 1. The molecule has 1 fully saturated rings. The molecule has 0 saturated carbocycles. The number of aryl methyl sites for hydroxylation is 1. The predicted octanol–water partition coefficient (Wildman–Crippen LogP) is 4.12. The number of piperidine rings is 1. The lowest BCUT2D eigenvalue weighted by atomic mass is 9.97. The van der Waals surface area contributed by atoms with Crippen LogP contribution >= 0.6 is 0 Å². The highest BCUT2D eigenvalue weighted by molar-refractivity contribution is 5.79. The van der Waals surface area contributed by atoms with Gasteiger partial charge in [0.1, 0.15) is 5.82 Å². The Hall–Kier alpha value is -3.28. The molecule has 0 bridgehead atoms. The van der Waals surface area contributed by atoms with Gasteiger partial charge in [-0.05, 0) is 55.2 Å². The summed E-state index contributed by atoms with van der Waals surface area (Å²) in [6.07, 6.45) is 1.77. The van der Waals surface area contributed by atoms with Gasteiger partial charge in [0.05, 0.1) is 11.6 Å². The van der Waals surface area contributed by atoms with Gasteiger partial charge in [-0.1, -0.05) is 36.4 Å². The molecule has 1 N–H and O–H groups in total. The summed E-state index contributed by atoms with van der Waals surface area (Å²) in [6, 6.07) is 18.3. The van der Waals surface area contributed by atoms with Crippen molar-refractivity contribution in [2.24, 2.45) is 5.92 Å². The summed E-state index contributed by atoms with van der Waals surface area (Å²) in [5.74, 6) is 0.441. The van der Waals surface area contributed by atoms with Gasteiger partial charge in [-0.2, -0.15) is 0 Å². The maximum Gasteiger partial charge on any atom is 0.225 e. The molecule has 1 saturated heterocycles. The van der Waals surface area contributed by atoms with E-state index in [1.165, 1.54) is 12.1 Å². The van der Waals surface area contributed by atoms with E-state index in [1.807, 2.05) is 30.3 Å². The molecule has 2 heterocycles. The number of nitrogens with zero attached hydrogens (tertiary/aromatic N) is 3. The van der Waals surface area contributed by atoms with Gasteiger partial charge in [0.25, 0.3) is 0 Å². The van der Waals surface area contributed by atoms with Gasteiger partial charge in [0, 0.05) is 25.2 Å². The molecular weight excluding hydrogens is 379 g/mol. The van der Waals surface area contributed by atoms with Gasteiger partial charge in [-0.25, -0.2) is 4.39 Å². The fourth-order valence-electron chi connectivity index (χ4n) is 3.83. The highest BCUT2D eigenvalue weighted by Gasteiger charge is 2.26. The van der Waals surface area contributed by atoms with Crippen molar-refractivity contribution in [2.45, 2.75) is 26.3 Å². The average Bonchev–Trinajstić information content (AvgIpc) is 2.79. The van der Waals surface area contributed by atoms with E-state index in [4.69, 9.17) is 0 Å². The smallest absolute Gasteiger partial charge is 0.225 e. The summed E-state index contributed by atoms with van der Waals surface area (Å²) < 4.78 is 13.0. The lowest BCUT2D eigenvalue weighted by Gasteiger charge is -2.32. The summed E-state index contributed by atoms with van der Waals surface area (Å²) in [4.78, 5) is 14.8. The molecule has 0 radical (unpaired) electrons. The molecule has 1 aliphatic heterocycles. The number of amides is 1. The van der Waals surface area contributed by atoms with Crippen molar-refractivity contribution in [3.63, 3.8) is 0 Å². The van der Waals surface area contributed by atoms with Crippen LogP contribution in [0.1, 0.15) is 24.0 Å². The SMILES string of the molecule is Cc1ccccc1-c1ccc(N2CCC[C@@H](C(=O)NCc3ccc(F)cc3)C2)nn1. The van der Waals surface area contributed by atoms with Crippen LogP contribution in [0.2, 0.25) is 0 Å². The highest BCUT2D eigenvalue weighted by Crippen LogP contribution is 2.25. The maximum atomic E-state index is 13.0. The Bertz CT molecular complexity index is 1000. The standard InChI is InChI=1S/C24H25FN4O/c1-17-5-2-3-7-21(17)22-12-13-23(28-27-22)29-14-4-6-19(16-29)24(30)26-15-18-8-10-20(25)11-9-18/h2-3,5,7-13,19H,4,6,14-16H2,1H3,(H,26,30)/t19-/m1/s1. The molecule has 2 aromatic carbocycles. The third kappa shape index (κ3) is 4.64. The van der Waals surface area contributed by atoms with Crippen molar-refractivity contribution < 1.29 is 9.18 Å². The zero-order valence-corrected chi connectivity index (χ0v) is 17.0. The molecule has 0 aliphatic carbocycles. The van der Waals surface area contributed by atoms with E-state index in [1.54, 1.807) is 12.1 Å². The first kappa shape index (κ1) is 20.0. The van der Waals surface area contributed by atoms with Crippen LogP contribution in [0.15, 0.2) is 60.7 Å². The molecule has 1 atom stereocenters. The Morgan fingerprint density at radius 2 is 1.90 bits per heavy atom. The number of carbonyl (C=O) groups excluding carboxylic acids is 1. The van der Waals surface area contributed by atoms with Crippen molar-refractivity contribution in [2.75, 3.05) is 18.0 Å². The number of hydrogen-bond donors (Lipinski definition) is 1. The molecule has 0 unspecified atom stereocenters. The largest absolute Gasteiger partial charge is 0.354 e. The summed E-state index contributed by atoms with van der Waals surface area (Å²) in [5.41, 5.74) is 3.97. The number of benzene rings is 2. The average molecular weight is 404 g/mol. The number of anilines is 1. The summed E-state index contributed by atoms with van der Waals surface area (Å²) in [7, 11) is 0. The molecule has 3 aromatic rings. The van der Waals surface area contributed by atoms with E-state index in [9.17, 15) is 9.18 Å². The quantitative estimate of drug-likeness (QED) is 0.695. The van der Waals surface area contributed by atoms with Crippen molar-refractivity contribution in [1.29, 1.82) is 0 Å². The van der Waals surface area contributed by atoms with Crippen LogP contribution in [-0.2, 0) is 11.3 Å². The van der Waals surface area contributed by atoms with Crippen molar-refractivity contribution in [3.8, 4) is 11.3 Å². The van der Waals surface area contributed by atoms with Crippen LogP contribution in [0.25, 0.3) is 11.3 Å². The molecule has 1 amide bonds. The third-order valence-corrected chi connectivity index (χ3v) is 5.57. The van der Waals surface area contributed by atoms with E-state index in [2.05, 4.69) is 33.4 Å². The van der Waals surface area contributed by atoms with Crippen LogP contribution in [0.3, 0.4) is 0 Å². The van der Waals surface area contributed by atoms with Crippen LogP contribution in [-0.4, -0.2) is 29.2 Å². The van der Waals surface area contributed by atoms with Crippen molar-refractivity contribution in [3.05, 3.63) is 77.6 Å². The summed E-state index contributed by atoms with van der Waals surface area (Å²) >= 11 is 0. The van der Waals surface area contributed by atoms with Crippen LogP contribution in [0, 0.1) is 18.7 Å². The molecule has 6 heteroatoms. The molecule has 5 nitrogen and oxygen atoms in total. The van der Waals surface area contributed by atoms with E-state index >= 15 is 0 Å². The predicted molar refractivity (Wildman–Crippen MR) is 115 cm³/mol. The maximum absolute atomic E-state index is 13.0. The third-order valence-electron chi connectivity index (χ3n) is 5.57. The van der Waals surface area contributed by atoms with Crippen LogP contribution < -0.4 is 10.2 Å². The van der Waals surface area contributed by atoms with E-state index in [-0.39, 0.29) is 17.6 Å². The Balaban J connectivity index is 1.38. The number of halogens is 1. The first-order valence-corrected chi connectivity index (χ1v) is 10.3. The van der Waals surface area contributed by atoms with Gasteiger partial charge in [0.15, 0.2) is 5.82 Å². The zero-order chi connectivity index (χ0) is 20.9. The van der Waals surface area contributed by atoms with Gasteiger partial charge in [-0.3, -0.25) is 4.79 Å². The molecule has 154 valence electrons. The van der Waals surface area contributed by atoms with Gasteiger partial charge < -0.3 is 10.2 Å². The fourth-order valence-corrected chi connectivity index (χ4v) is 3.83. The first-order chi connectivity index (χ1) is 14.6. The minimum absolute atomic E-state index is 0.0218. The zero-order valence-electron chi connectivity index (χ0n) is 17.0. The second kappa shape index (κ2) is 9.03. The molecule has 0 spiro atoms. The van der Waals surface area contributed by atoms with E-state index in [0.717, 1.165) is 47.6 Å². The molecular formula is C24H25FN4O. The first-order valence-electron chi connectivity index (χ1n) is 10.3. The molecule has 4 rings (SSSR count). The number of rotatable bonds is 5. The van der Waals surface area contributed by atoms with Crippen LogP contribution in [0.5, 0.6) is 0 Å². The van der Waals surface area contributed by atoms with E-state index in [0.29, 0.717) is 13.1 Å². The van der Waals surface area contributed by atoms with Crippen molar-refractivity contribution in [1.82, 2.24) is 15.5 Å². The Morgan fingerprint density at radius 1 is 1.10 bits per heavy atom. The second-order valence-electron chi connectivity index (χ2n) is 7.72. The minimum atomic E-state index is -0.275. The monoisotopic (exact) mass is 404 g/mol. The number of aromatic nitrogens is 2. The topological polar surface area (TPSA) is 58.1 Å². The second-order valence-corrected chi connectivity index (χ2v) is 7.72. The minimum Gasteiger partial charge on any atom is -0.354 e. The summed E-state index contributed by atoms with van der Waals surface area (Å²) in [6.45, 7) is 3.94. The summed E-state index contributed by atoms with van der Waals surface area (Å²) in [5, 5.41) is 11.8. The van der Waals surface area contributed by atoms with Gasteiger partial charge in [0.2, 0.25) is 5.91 Å². The lowest BCUT2D eigenvalue weighted by Crippen LogP contribution is -2.43. The lowest BCUT2D eigenvalue weighted by molar-refractivity contribution is -0.125. The normalized spacial score (nSPS) is 16.3. The van der Waals surface area contributed by atoms with Crippen LogP contribution in [0.4, 0.5) is 10.2 Å². The van der Waals surface area contributed by atoms with Gasteiger partial charge in [-0.15, -0.1) is 10.2 Å². The molecule has 30 heavy (non-hydrogen) atoms. The van der Waals surface area contributed by atoms with Gasteiger partial charge >= 0.3 is 0 Å². The Kier molecular flexibility index (Phi) is 6.02. The fraction of sp³-hybridized carbons (Fsp3) is 0.292. The Morgan fingerprint density at radius 3 is 2.63 bits per heavy atom. The van der Waals surface area contributed by atoms with Crippen molar-refractivity contribution >= 4 is 11.7 Å². The highest BCUT2D eigenvalue weighted by atomic mass is 19.1. The molecule has 1 aromatic heterocycles. The van der Waals surface area contributed by atoms with E-state index < -0.39 is 0 Å².